The summed E-state index contributed by atoms with van der Waals surface area (Å²) in [6.07, 6.45) is 0. The molecular weight excluding hydrogens is 412 g/mol. The number of rotatable bonds is 4. The molecule has 0 amide bonds. The monoisotopic (exact) mass is 428 g/mol. The summed E-state index contributed by atoms with van der Waals surface area (Å²) < 4.78 is 8.81. The lowest BCUT2D eigenvalue weighted by Gasteiger charge is -2.18. The second-order valence-corrected chi connectivity index (χ2v) is 7.11. The molecule has 27 heavy (non-hydrogen) atoms. The summed E-state index contributed by atoms with van der Waals surface area (Å²) in [5, 5.41) is 4.48. The molecule has 0 unspecified atom stereocenters. The van der Waals surface area contributed by atoms with Crippen molar-refractivity contribution in [3.05, 3.63) is 79.3 Å². The van der Waals surface area contributed by atoms with E-state index >= 15 is 0 Å². The Balaban J connectivity index is 1.74. The van der Waals surface area contributed by atoms with Gasteiger partial charge in [0.15, 0.2) is 0 Å². The third-order valence-electron chi connectivity index (χ3n) is 4.53. The fraction of sp³-hybridized carbons (Fsp3) is 0.211. The summed E-state index contributed by atoms with van der Waals surface area (Å²) in [4.78, 5) is 26.9. The Hall–Kier alpha value is -2.87. The molecule has 1 aromatic heterocycles. The Bertz CT molecular complexity index is 1090. The van der Waals surface area contributed by atoms with Gasteiger partial charge in [-0.05, 0) is 42.0 Å². The third kappa shape index (κ3) is 3.28. The van der Waals surface area contributed by atoms with Gasteiger partial charge < -0.3 is 9.64 Å². The molecule has 0 aliphatic carbocycles. The number of hydrogen-bond acceptors (Lipinski definition) is 5. The predicted molar refractivity (Wildman–Crippen MR) is 106 cm³/mol. The van der Waals surface area contributed by atoms with Crippen molar-refractivity contribution in [1.29, 1.82) is 0 Å². The number of methoxy groups -OCH3 is 1. The third-order valence-corrected chi connectivity index (χ3v) is 5.06. The van der Waals surface area contributed by atoms with Gasteiger partial charge in [0.05, 0.1) is 13.7 Å². The molecule has 0 saturated heterocycles. The zero-order chi connectivity index (χ0) is 19.0. The van der Waals surface area contributed by atoms with Gasteiger partial charge in [-0.1, -0.05) is 28.1 Å². The molecule has 7 nitrogen and oxygen atoms in total. The van der Waals surface area contributed by atoms with Crippen LogP contribution in [0.2, 0.25) is 0 Å². The normalized spacial score (nSPS) is 12.9. The lowest BCUT2D eigenvalue weighted by molar-refractivity contribution is 0.415. The zero-order valence-electron chi connectivity index (χ0n) is 14.6. The Labute approximate surface area is 163 Å². The van der Waals surface area contributed by atoms with E-state index in [-0.39, 0.29) is 6.54 Å². The summed E-state index contributed by atoms with van der Waals surface area (Å²) in [5.74, 6) is 1.23. The van der Waals surface area contributed by atoms with Crippen LogP contribution in [0, 0.1) is 0 Å². The van der Waals surface area contributed by atoms with Crippen LogP contribution < -0.4 is 20.8 Å². The largest absolute Gasteiger partial charge is 0.497 e. The van der Waals surface area contributed by atoms with Gasteiger partial charge >= 0.3 is 11.1 Å². The van der Waals surface area contributed by atoms with E-state index in [0.29, 0.717) is 19.0 Å². The first-order valence-electron chi connectivity index (χ1n) is 8.45. The summed E-state index contributed by atoms with van der Waals surface area (Å²) in [5.41, 5.74) is 0.625. The van der Waals surface area contributed by atoms with Gasteiger partial charge in [-0.15, -0.1) is 5.10 Å². The summed E-state index contributed by atoms with van der Waals surface area (Å²) >= 11 is 3.39. The van der Waals surface area contributed by atoms with Crippen molar-refractivity contribution >= 4 is 27.6 Å². The molecular formula is C19H17BrN4O3. The lowest BCUT2D eigenvalue weighted by atomic mass is 10.2. The van der Waals surface area contributed by atoms with Crippen LogP contribution in [0.15, 0.2) is 62.6 Å². The van der Waals surface area contributed by atoms with Gasteiger partial charge in [-0.25, -0.2) is 4.68 Å². The van der Waals surface area contributed by atoms with Crippen LogP contribution >= 0.6 is 15.9 Å². The van der Waals surface area contributed by atoms with E-state index < -0.39 is 11.1 Å². The molecule has 0 spiro atoms. The van der Waals surface area contributed by atoms with E-state index in [9.17, 15) is 9.59 Å². The van der Waals surface area contributed by atoms with E-state index in [1.807, 2.05) is 53.4 Å². The van der Waals surface area contributed by atoms with Gasteiger partial charge in [0.25, 0.3) is 0 Å². The van der Waals surface area contributed by atoms with Crippen LogP contribution in [0.5, 0.6) is 5.75 Å². The highest BCUT2D eigenvalue weighted by Gasteiger charge is 2.25. The minimum absolute atomic E-state index is 0.242. The minimum Gasteiger partial charge on any atom is -0.497 e. The molecule has 3 aromatic rings. The van der Waals surface area contributed by atoms with Crippen LogP contribution in [0.1, 0.15) is 5.56 Å². The van der Waals surface area contributed by atoms with Crippen LogP contribution in [0.4, 0.5) is 11.6 Å². The van der Waals surface area contributed by atoms with Crippen molar-refractivity contribution in [3.8, 4) is 5.75 Å². The molecule has 0 bridgehead atoms. The minimum atomic E-state index is -0.613. The number of fused-ring (bicyclic) bond motifs is 1. The zero-order valence-corrected chi connectivity index (χ0v) is 16.2. The van der Waals surface area contributed by atoms with E-state index in [1.165, 1.54) is 9.25 Å². The lowest BCUT2D eigenvalue weighted by Crippen LogP contribution is -2.42. The van der Waals surface area contributed by atoms with Crippen molar-refractivity contribution in [2.45, 2.75) is 13.1 Å². The van der Waals surface area contributed by atoms with Crippen LogP contribution in [0.3, 0.4) is 0 Å². The number of nitrogens with zero attached hydrogens (tertiary/aromatic N) is 4. The molecule has 2 aromatic carbocycles. The predicted octanol–water partition coefficient (Wildman–Crippen LogP) is 2.38. The SMILES string of the molecule is COc1ccc(N2CCn3c2nn(Cc2ccc(Br)cc2)c(=O)c3=O)cc1. The quantitative estimate of drug-likeness (QED) is 0.596. The van der Waals surface area contributed by atoms with Crippen LogP contribution in [-0.4, -0.2) is 28.0 Å². The second kappa shape index (κ2) is 7.03. The van der Waals surface area contributed by atoms with Gasteiger partial charge in [-0.2, -0.15) is 0 Å². The van der Waals surface area contributed by atoms with Crippen molar-refractivity contribution in [2.75, 3.05) is 18.6 Å². The van der Waals surface area contributed by atoms with E-state index in [1.54, 1.807) is 7.11 Å². The molecule has 138 valence electrons. The second-order valence-electron chi connectivity index (χ2n) is 6.20. The standard InChI is InChI=1S/C19H17BrN4O3/c1-27-16-8-6-15(7-9-16)22-10-11-23-17(25)18(26)24(21-19(22)23)12-13-2-4-14(20)5-3-13/h2-9H,10-12H2,1H3. The fourth-order valence-corrected chi connectivity index (χ4v) is 3.37. The Morgan fingerprint density at radius 3 is 2.37 bits per heavy atom. The van der Waals surface area contributed by atoms with Crippen molar-refractivity contribution in [3.63, 3.8) is 0 Å². The molecule has 0 saturated carbocycles. The molecule has 4 rings (SSSR count). The first-order chi connectivity index (χ1) is 13.1. The average Bonchev–Trinajstić information content (AvgIpc) is 3.11. The summed E-state index contributed by atoms with van der Waals surface area (Å²) in [7, 11) is 1.61. The fourth-order valence-electron chi connectivity index (χ4n) is 3.10. The smallest absolute Gasteiger partial charge is 0.333 e. The van der Waals surface area contributed by atoms with Crippen molar-refractivity contribution in [1.82, 2.24) is 14.3 Å². The topological polar surface area (TPSA) is 69.4 Å². The average molecular weight is 429 g/mol. The Kier molecular flexibility index (Phi) is 4.57. The number of halogens is 1. The molecule has 0 atom stereocenters. The van der Waals surface area contributed by atoms with Crippen molar-refractivity contribution in [2.24, 2.45) is 0 Å². The maximum absolute atomic E-state index is 12.5. The maximum Gasteiger partial charge on any atom is 0.333 e. The molecule has 1 aliphatic heterocycles. The van der Waals surface area contributed by atoms with E-state index in [0.717, 1.165) is 21.5 Å². The van der Waals surface area contributed by atoms with Crippen molar-refractivity contribution < 1.29 is 4.74 Å². The summed E-state index contributed by atoms with van der Waals surface area (Å²) in [6, 6.07) is 15.1. The highest BCUT2D eigenvalue weighted by atomic mass is 79.9. The van der Waals surface area contributed by atoms with Crippen LogP contribution in [0.25, 0.3) is 0 Å². The molecule has 2 heterocycles. The van der Waals surface area contributed by atoms with Gasteiger partial charge in [0.2, 0.25) is 5.95 Å². The Morgan fingerprint density at radius 2 is 1.70 bits per heavy atom. The van der Waals surface area contributed by atoms with Crippen LogP contribution in [-0.2, 0) is 13.1 Å². The van der Waals surface area contributed by atoms with Gasteiger partial charge in [0.1, 0.15) is 5.75 Å². The highest BCUT2D eigenvalue weighted by molar-refractivity contribution is 9.10. The molecule has 8 heteroatoms. The number of hydrogen-bond donors (Lipinski definition) is 0. The van der Waals surface area contributed by atoms with E-state index in [2.05, 4.69) is 21.0 Å². The van der Waals surface area contributed by atoms with E-state index in [4.69, 9.17) is 4.74 Å². The first kappa shape index (κ1) is 17.5. The molecule has 0 fully saturated rings. The summed E-state index contributed by atoms with van der Waals surface area (Å²) in [6.45, 7) is 1.25. The first-order valence-corrected chi connectivity index (χ1v) is 9.24. The molecule has 1 aliphatic rings. The molecule has 0 radical (unpaired) electrons. The number of aromatic nitrogens is 3. The number of ether oxygens (including phenoxy) is 1. The Morgan fingerprint density at radius 1 is 1.00 bits per heavy atom. The van der Waals surface area contributed by atoms with Gasteiger partial charge in [-0.3, -0.25) is 14.2 Å². The number of anilines is 2. The van der Waals surface area contributed by atoms with Gasteiger partial charge in [0, 0.05) is 23.2 Å². The maximum atomic E-state index is 12.5. The highest BCUT2D eigenvalue weighted by Crippen LogP contribution is 2.28. The molecule has 0 N–H and O–H groups in total. The number of benzene rings is 2.